The van der Waals surface area contributed by atoms with E-state index in [0.717, 1.165) is 5.56 Å². The number of carbonyl (C=O) groups is 2. The van der Waals surface area contributed by atoms with E-state index in [1.165, 1.54) is 0 Å². The van der Waals surface area contributed by atoms with E-state index in [1.807, 2.05) is 69.3 Å². The van der Waals surface area contributed by atoms with Gasteiger partial charge in [-0.3, -0.25) is 4.79 Å². The van der Waals surface area contributed by atoms with Crippen molar-refractivity contribution in [2.45, 2.75) is 27.7 Å². The molecule has 0 fully saturated rings. The van der Waals surface area contributed by atoms with Gasteiger partial charge in [0.2, 0.25) is 5.91 Å². The first-order chi connectivity index (χ1) is 14.7. The summed E-state index contributed by atoms with van der Waals surface area (Å²) in [7, 11) is 1.58. The van der Waals surface area contributed by atoms with Gasteiger partial charge >= 0.3 is 5.97 Å². The maximum Gasteiger partial charge on any atom is 0.358 e. The molecule has 0 radical (unpaired) electrons. The van der Waals surface area contributed by atoms with Crippen molar-refractivity contribution < 1.29 is 19.1 Å². The zero-order valence-electron chi connectivity index (χ0n) is 18.4. The van der Waals surface area contributed by atoms with Crippen LogP contribution in [0.15, 0.2) is 54.6 Å². The normalized spacial score (nSPS) is 11.1. The van der Waals surface area contributed by atoms with Crippen molar-refractivity contribution in [1.82, 2.24) is 9.78 Å². The van der Waals surface area contributed by atoms with Crippen LogP contribution < -0.4 is 10.1 Å². The lowest BCUT2D eigenvalue weighted by Gasteiger charge is -2.18. The number of amides is 1. The zero-order valence-corrected chi connectivity index (χ0v) is 18.4. The minimum absolute atomic E-state index is 0.0879. The van der Waals surface area contributed by atoms with Crippen molar-refractivity contribution in [2.75, 3.05) is 19.0 Å². The molecule has 0 bridgehead atoms. The second kappa shape index (κ2) is 9.04. The average molecular weight is 421 g/mol. The van der Waals surface area contributed by atoms with Crippen LogP contribution in [0.1, 0.15) is 38.2 Å². The zero-order chi connectivity index (χ0) is 22.6. The number of aromatic nitrogens is 2. The molecule has 0 spiro atoms. The molecule has 7 nitrogen and oxygen atoms in total. The summed E-state index contributed by atoms with van der Waals surface area (Å²) in [6.45, 7) is 7.57. The maximum atomic E-state index is 12.4. The van der Waals surface area contributed by atoms with Crippen LogP contribution in [-0.4, -0.2) is 35.4 Å². The molecule has 0 aliphatic rings. The van der Waals surface area contributed by atoms with E-state index in [9.17, 15) is 9.59 Å². The largest absolute Gasteiger partial charge is 0.494 e. The molecule has 0 saturated heterocycles. The summed E-state index contributed by atoms with van der Waals surface area (Å²) >= 11 is 0. The Morgan fingerprint density at radius 2 is 1.81 bits per heavy atom. The number of nitrogens with one attached hydrogen (secondary N) is 1. The fraction of sp³-hybridized carbons (Fsp3) is 0.292. The number of methoxy groups -OCH3 is 1. The fourth-order valence-electron chi connectivity index (χ4n) is 2.95. The number of esters is 1. The highest BCUT2D eigenvalue weighted by Crippen LogP contribution is 2.31. The minimum atomic E-state index is -0.522. The van der Waals surface area contributed by atoms with Crippen molar-refractivity contribution in [1.29, 1.82) is 0 Å². The number of hydrogen-bond acceptors (Lipinski definition) is 5. The Hall–Kier alpha value is -3.61. The van der Waals surface area contributed by atoms with Gasteiger partial charge in [0.25, 0.3) is 0 Å². The van der Waals surface area contributed by atoms with Crippen molar-refractivity contribution in [2.24, 2.45) is 5.41 Å². The summed E-state index contributed by atoms with van der Waals surface area (Å²) in [6.07, 6.45) is 0. The molecule has 3 rings (SSSR count). The Bertz CT molecular complexity index is 1100. The van der Waals surface area contributed by atoms with Gasteiger partial charge in [-0.1, -0.05) is 45.0 Å². The third kappa shape index (κ3) is 4.94. The molecule has 1 amide bonds. The van der Waals surface area contributed by atoms with Crippen LogP contribution in [0, 0.1) is 5.41 Å². The van der Waals surface area contributed by atoms with E-state index in [2.05, 4.69) is 10.4 Å². The summed E-state index contributed by atoms with van der Waals surface area (Å²) in [5.74, 6) is 0.0177. The SMILES string of the molecule is CCOC(=O)c1cc(-c2cccc(NC(=O)C(C)(C)C)c2)n(-c2ccccc2OC)n1. The van der Waals surface area contributed by atoms with Gasteiger partial charge in [0.05, 0.1) is 19.4 Å². The molecule has 3 aromatic rings. The van der Waals surface area contributed by atoms with Gasteiger partial charge in [-0.2, -0.15) is 5.10 Å². The molecule has 31 heavy (non-hydrogen) atoms. The molecular weight excluding hydrogens is 394 g/mol. The lowest BCUT2D eigenvalue weighted by Crippen LogP contribution is -2.27. The third-order valence-corrected chi connectivity index (χ3v) is 4.60. The molecule has 0 saturated carbocycles. The number of hydrogen-bond donors (Lipinski definition) is 1. The molecular formula is C24H27N3O4. The molecule has 0 aliphatic carbocycles. The average Bonchev–Trinajstić information content (AvgIpc) is 3.19. The first-order valence-corrected chi connectivity index (χ1v) is 10.1. The summed E-state index contributed by atoms with van der Waals surface area (Å²) in [6, 6.07) is 16.5. The number of benzene rings is 2. The van der Waals surface area contributed by atoms with Crippen LogP contribution in [0.3, 0.4) is 0 Å². The predicted octanol–water partition coefficient (Wildman–Crippen LogP) is 4.71. The van der Waals surface area contributed by atoms with Gasteiger partial charge in [-0.05, 0) is 37.3 Å². The Labute approximate surface area is 182 Å². The monoisotopic (exact) mass is 421 g/mol. The quantitative estimate of drug-likeness (QED) is 0.583. The third-order valence-electron chi connectivity index (χ3n) is 4.60. The van der Waals surface area contributed by atoms with Gasteiger partial charge in [0.1, 0.15) is 11.4 Å². The Kier molecular flexibility index (Phi) is 6.44. The first kappa shape index (κ1) is 22.1. The van der Waals surface area contributed by atoms with Crippen LogP contribution in [-0.2, 0) is 9.53 Å². The summed E-state index contributed by atoms with van der Waals surface area (Å²) < 4.78 is 12.3. The van der Waals surface area contributed by atoms with Crippen LogP contribution >= 0.6 is 0 Å². The fourth-order valence-corrected chi connectivity index (χ4v) is 2.95. The summed E-state index contributed by atoms with van der Waals surface area (Å²) in [5.41, 5.74) is 2.45. The molecule has 0 aliphatic heterocycles. The molecule has 7 heteroatoms. The van der Waals surface area contributed by atoms with Gasteiger partial charge in [0.15, 0.2) is 5.69 Å². The van der Waals surface area contributed by atoms with Crippen LogP contribution in [0.25, 0.3) is 16.9 Å². The van der Waals surface area contributed by atoms with Gasteiger partial charge < -0.3 is 14.8 Å². The highest BCUT2D eigenvalue weighted by Gasteiger charge is 2.22. The molecule has 162 valence electrons. The van der Waals surface area contributed by atoms with Crippen molar-refractivity contribution in [3.63, 3.8) is 0 Å². The smallest absolute Gasteiger partial charge is 0.358 e. The summed E-state index contributed by atoms with van der Waals surface area (Å²) in [4.78, 5) is 24.8. The highest BCUT2D eigenvalue weighted by atomic mass is 16.5. The van der Waals surface area contributed by atoms with Gasteiger partial charge in [-0.25, -0.2) is 9.48 Å². The number of rotatable bonds is 6. The maximum absolute atomic E-state index is 12.4. The molecule has 1 heterocycles. The van der Waals surface area contributed by atoms with E-state index in [0.29, 0.717) is 22.8 Å². The number of ether oxygens (including phenoxy) is 2. The first-order valence-electron chi connectivity index (χ1n) is 10.1. The lowest BCUT2D eigenvalue weighted by atomic mass is 9.95. The van der Waals surface area contributed by atoms with E-state index in [1.54, 1.807) is 24.8 Å². The van der Waals surface area contributed by atoms with Crippen LogP contribution in [0.5, 0.6) is 5.75 Å². The standard InChI is InChI=1S/C24H27N3O4/c1-6-31-22(28)18-15-20(27(26-18)19-12-7-8-13-21(19)30-5)16-10-9-11-17(14-16)25-23(29)24(2,3)4/h7-15H,6H2,1-5H3,(H,25,29). The van der Waals surface area contributed by atoms with E-state index >= 15 is 0 Å². The molecule has 2 aromatic carbocycles. The van der Waals surface area contributed by atoms with Crippen molar-refractivity contribution >= 4 is 17.6 Å². The Morgan fingerprint density at radius 1 is 1.06 bits per heavy atom. The number of anilines is 1. The van der Waals surface area contributed by atoms with Crippen molar-refractivity contribution in [3.8, 4) is 22.7 Å². The van der Waals surface area contributed by atoms with E-state index in [-0.39, 0.29) is 18.2 Å². The van der Waals surface area contributed by atoms with Crippen LogP contribution in [0.4, 0.5) is 5.69 Å². The number of nitrogens with zero attached hydrogens (tertiary/aromatic N) is 2. The minimum Gasteiger partial charge on any atom is -0.494 e. The molecule has 0 unspecified atom stereocenters. The lowest BCUT2D eigenvalue weighted by molar-refractivity contribution is -0.123. The topological polar surface area (TPSA) is 82.5 Å². The Balaban J connectivity index is 2.11. The summed E-state index contributed by atoms with van der Waals surface area (Å²) in [5, 5.41) is 7.43. The van der Waals surface area contributed by atoms with Gasteiger partial charge in [0, 0.05) is 16.7 Å². The van der Waals surface area contributed by atoms with Crippen molar-refractivity contribution in [3.05, 3.63) is 60.3 Å². The number of para-hydroxylation sites is 2. The van der Waals surface area contributed by atoms with E-state index < -0.39 is 11.4 Å². The number of carbonyl (C=O) groups excluding carboxylic acids is 2. The molecule has 1 aromatic heterocycles. The van der Waals surface area contributed by atoms with E-state index in [4.69, 9.17) is 9.47 Å². The second-order valence-electron chi connectivity index (χ2n) is 8.00. The second-order valence-corrected chi connectivity index (χ2v) is 8.00. The molecule has 1 N–H and O–H groups in total. The van der Waals surface area contributed by atoms with Gasteiger partial charge in [-0.15, -0.1) is 0 Å². The Morgan fingerprint density at radius 3 is 2.48 bits per heavy atom. The van der Waals surface area contributed by atoms with Crippen LogP contribution in [0.2, 0.25) is 0 Å². The predicted molar refractivity (Wildman–Crippen MR) is 120 cm³/mol. The molecule has 0 atom stereocenters. The highest BCUT2D eigenvalue weighted by molar-refractivity contribution is 5.95.